The molecule has 2 heterocycles. The second-order valence-electron chi connectivity index (χ2n) is 12.5. The van der Waals surface area contributed by atoms with Crippen LogP contribution in [0.3, 0.4) is 0 Å². The van der Waals surface area contributed by atoms with Crippen molar-refractivity contribution >= 4 is 62.1 Å². The van der Waals surface area contributed by atoms with Crippen LogP contribution in [0.25, 0.3) is 60.6 Å². The topological polar surface area (TPSA) is 55.1 Å². The third-order valence-corrected chi connectivity index (χ3v) is 9.41. The second kappa shape index (κ2) is 12.9. The maximum Gasteiger partial charge on any atom is 0.161 e. The average molecular weight is 657 g/mol. The zero-order valence-electron chi connectivity index (χ0n) is 27.8. The van der Waals surface area contributed by atoms with Gasteiger partial charge in [-0.05, 0) is 48.2 Å². The molecule has 0 amide bonds. The van der Waals surface area contributed by atoms with Gasteiger partial charge in [0.1, 0.15) is 11.2 Å². The van der Waals surface area contributed by atoms with Crippen molar-refractivity contribution in [2.45, 2.75) is 6.54 Å². The summed E-state index contributed by atoms with van der Waals surface area (Å²) < 4.78 is 9.11. The molecule has 51 heavy (non-hydrogen) atoms. The van der Waals surface area contributed by atoms with E-state index in [0.717, 1.165) is 66.5 Å². The Hall–Kier alpha value is -6.85. The summed E-state index contributed by atoms with van der Waals surface area (Å²) in [6.07, 6.45) is 0. The lowest BCUT2D eigenvalue weighted by Crippen LogP contribution is -2.05. The Balaban J connectivity index is 1.31. The smallest absolute Gasteiger partial charge is 0.161 e. The number of nitrogens with zero attached hydrogens (tertiary/aromatic N) is 4. The number of aliphatic imine (C=N–C) groups is 3. The van der Waals surface area contributed by atoms with Crippen LogP contribution >= 0.6 is 0 Å². The van der Waals surface area contributed by atoms with E-state index in [4.69, 9.17) is 14.4 Å². The molecule has 9 rings (SSSR count). The van der Waals surface area contributed by atoms with Gasteiger partial charge in [0.15, 0.2) is 11.7 Å². The summed E-state index contributed by atoms with van der Waals surface area (Å²) in [4.78, 5) is 14.5. The Bertz CT molecular complexity index is 2720. The number of aromatic nitrogens is 1. The van der Waals surface area contributed by atoms with Gasteiger partial charge in [-0.25, -0.2) is 9.98 Å². The number of fused-ring (bicyclic) bond motifs is 6. The van der Waals surface area contributed by atoms with E-state index in [-0.39, 0.29) is 0 Å². The zero-order valence-corrected chi connectivity index (χ0v) is 27.8. The minimum atomic E-state index is 0.328. The highest BCUT2D eigenvalue weighted by Gasteiger charge is 2.20. The molecule has 0 atom stereocenters. The molecule has 9 aromatic rings. The summed E-state index contributed by atoms with van der Waals surface area (Å²) in [5.74, 6) is 1.08. The molecule has 7 aromatic carbocycles. The van der Waals surface area contributed by atoms with Gasteiger partial charge in [-0.15, -0.1) is 0 Å². The minimum Gasteiger partial charge on any atom is -0.456 e. The summed E-state index contributed by atoms with van der Waals surface area (Å²) in [6.45, 7) is 4.17. The minimum absolute atomic E-state index is 0.328. The Labute approximate surface area is 295 Å². The van der Waals surface area contributed by atoms with Gasteiger partial charge < -0.3 is 8.98 Å². The van der Waals surface area contributed by atoms with Gasteiger partial charge in [-0.2, -0.15) is 0 Å². The van der Waals surface area contributed by atoms with Crippen molar-refractivity contribution in [2.75, 3.05) is 0 Å². The van der Waals surface area contributed by atoms with E-state index in [1.807, 2.05) is 66.7 Å². The van der Waals surface area contributed by atoms with Gasteiger partial charge >= 0.3 is 0 Å². The van der Waals surface area contributed by atoms with Crippen molar-refractivity contribution in [1.82, 2.24) is 4.57 Å². The van der Waals surface area contributed by atoms with Crippen molar-refractivity contribution in [3.63, 3.8) is 0 Å². The summed E-state index contributed by atoms with van der Waals surface area (Å²) in [7, 11) is 0. The van der Waals surface area contributed by atoms with Crippen LogP contribution in [0.5, 0.6) is 0 Å². The molecule has 0 aliphatic heterocycles. The first-order chi connectivity index (χ1) is 25.3. The van der Waals surface area contributed by atoms with Gasteiger partial charge in [0.25, 0.3) is 0 Å². The number of furan rings is 1. The molecule has 0 fully saturated rings. The SMILES string of the molecule is C=N/C(=N\C(=N/Cc1cc(-n2c3ccccc3c3ccccc32)cc2c1oc1cccc(-c3ccccc3)c12)c1ccccc1)c1ccccc1. The van der Waals surface area contributed by atoms with Crippen molar-refractivity contribution in [3.05, 3.63) is 187 Å². The summed E-state index contributed by atoms with van der Waals surface area (Å²) in [5.41, 5.74) is 9.94. The van der Waals surface area contributed by atoms with E-state index in [1.165, 1.54) is 10.8 Å². The molecule has 0 aliphatic carbocycles. The molecular weight excluding hydrogens is 625 g/mol. The number of rotatable bonds is 6. The van der Waals surface area contributed by atoms with E-state index in [2.05, 4.69) is 119 Å². The molecule has 0 bridgehead atoms. The highest BCUT2D eigenvalue weighted by molar-refractivity contribution is 6.15. The Morgan fingerprint density at radius 3 is 1.80 bits per heavy atom. The summed E-state index contributed by atoms with van der Waals surface area (Å²) in [6, 6.07) is 58.3. The fourth-order valence-electron chi connectivity index (χ4n) is 7.11. The van der Waals surface area contributed by atoms with Crippen LogP contribution in [0.1, 0.15) is 16.7 Å². The number of para-hydroxylation sites is 2. The maximum absolute atomic E-state index is 6.76. The van der Waals surface area contributed by atoms with Crippen LogP contribution in [-0.4, -0.2) is 23.0 Å². The Morgan fingerprint density at radius 2 is 1.16 bits per heavy atom. The fourth-order valence-corrected chi connectivity index (χ4v) is 7.11. The lowest BCUT2D eigenvalue weighted by Gasteiger charge is -2.11. The van der Waals surface area contributed by atoms with Crippen LogP contribution in [-0.2, 0) is 6.54 Å². The summed E-state index contributed by atoms with van der Waals surface area (Å²) >= 11 is 0. The second-order valence-corrected chi connectivity index (χ2v) is 12.5. The number of benzene rings is 7. The first-order valence-corrected chi connectivity index (χ1v) is 17.0. The summed E-state index contributed by atoms with van der Waals surface area (Å²) in [5, 5.41) is 4.54. The van der Waals surface area contributed by atoms with Gasteiger partial charge in [0.05, 0.1) is 17.6 Å². The van der Waals surface area contributed by atoms with Crippen LogP contribution in [0, 0.1) is 0 Å². The van der Waals surface area contributed by atoms with E-state index in [9.17, 15) is 0 Å². The predicted molar refractivity (Wildman–Crippen MR) is 213 cm³/mol. The van der Waals surface area contributed by atoms with Crippen LogP contribution in [0.15, 0.2) is 189 Å². The standard InChI is InChI=1S/C46H32N4O/c1-47-45(32-18-7-3-8-19-32)49-46(33-20-9-4-10-21-33)48-30-34-28-35(50-40-25-13-11-22-37(40)38-23-12-14-26-41(38)50)29-39-43-36(31-16-5-2-6-17-31)24-15-27-42(43)51-44(34)39/h2-29H,1,30H2/b48-46-,49-45-. The number of hydrogen-bond acceptors (Lipinski definition) is 2. The number of hydrogen-bond donors (Lipinski definition) is 0. The van der Waals surface area contributed by atoms with Crippen LogP contribution < -0.4 is 0 Å². The average Bonchev–Trinajstić information content (AvgIpc) is 3.75. The molecule has 0 N–H and O–H groups in total. The van der Waals surface area contributed by atoms with Crippen LogP contribution in [0.2, 0.25) is 0 Å². The molecule has 0 saturated heterocycles. The van der Waals surface area contributed by atoms with E-state index in [0.29, 0.717) is 18.2 Å². The van der Waals surface area contributed by atoms with Gasteiger partial charge in [-0.1, -0.05) is 140 Å². The van der Waals surface area contributed by atoms with Gasteiger partial charge in [-0.3, -0.25) is 4.99 Å². The first-order valence-electron chi connectivity index (χ1n) is 17.0. The highest BCUT2D eigenvalue weighted by Crippen LogP contribution is 2.41. The third-order valence-electron chi connectivity index (χ3n) is 9.41. The molecular formula is C46H32N4O. The molecule has 5 heteroatoms. The zero-order chi connectivity index (χ0) is 34.1. The third kappa shape index (κ3) is 5.42. The van der Waals surface area contributed by atoms with E-state index >= 15 is 0 Å². The largest absolute Gasteiger partial charge is 0.456 e. The molecule has 2 aromatic heterocycles. The van der Waals surface area contributed by atoms with Crippen molar-refractivity contribution in [3.8, 4) is 16.8 Å². The fraction of sp³-hybridized carbons (Fsp3) is 0.0217. The lowest BCUT2D eigenvalue weighted by molar-refractivity contribution is 0.663. The molecule has 0 aliphatic rings. The number of amidine groups is 2. The van der Waals surface area contributed by atoms with Crippen molar-refractivity contribution in [2.24, 2.45) is 15.0 Å². The van der Waals surface area contributed by atoms with Gasteiger partial charge in [0, 0.05) is 43.9 Å². The molecule has 0 saturated carbocycles. The monoisotopic (exact) mass is 656 g/mol. The van der Waals surface area contributed by atoms with E-state index in [1.54, 1.807) is 0 Å². The molecule has 0 radical (unpaired) electrons. The molecule has 0 unspecified atom stereocenters. The molecule has 242 valence electrons. The van der Waals surface area contributed by atoms with Crippen molar-refractivity contribution in [1.29, 1.82) is 0 Å². The molecule has 5 nitrogen and oxygen atoms in total. The quantitative estimate of drug-likeness (QED) is 0.130. The van der Waals surface area contributed by atoms with Crippen LogP contribution in [0.4, 0.5) is 0 Å². The van der Waals surface area contributed by atoms with E-state index < -0.39 is 0 Å². The lowest BCUT2D eigenvalue weighted by atomic mass is 9.98. The Morgan fingerprint density at radius 1 is 0.569 bits per heavy atom. The normalized spacial score (nSPS) is 12.3. The van der Waals surface area contributed by atoms with Gasteiger partial charge in [0.2, 0.25) is 0 Å². The Kier molecular flexibility index (Phi) is 7.63. The highest BCUT2D eigenvalue weighted by atomic mass is 16.3. The predicted octanol–water partition coefficient (Wildman–Crippen LogP) is 11.4. The van der Waals surface area contributed by atoms with Crippen molar-refractivity contribution < 1.29 is 4.42 Å². The first kappa shape index (κ1) is 30.2. The maximum atomic E-state index is 6.76. The molecule has 0 spiro atoms.